The van der Waals surface area contributed by atoms with Gasteiger partial charge in [0.2, 0.25) is 5.92 Å². The van der Waals surface area contributed by atoms with Gasteiger partial charge >= 0.3 is 0 Å². The number of hydrogen-bond donors (Lipinski definition) is 1. The van der Waals surface area contributed by atoms with E-state index in [0.717, 1.165) is 32.4 Å². The molecule has 0 aromatic rings. The molecular formula is C14H25F2NO. The van der Waals surface area contributed by atoms with Crippen LogP contribution in [0.5, 0.6) is 0 Å². The van der Waals surface area contributed by atoms with Gasteiger partial charge in [0.1, 0.15) is 0 Å². The molecule has 0 aromatic heterocycles. The molecule has 1 aliphatic carbocycles. The van der Waals surface area contributed by atoms with Crippen molar-refractivity contribution in [3.05, 3.63) is 0 Å². The van der Waals surface area contributed by atoms with Crippen LogP contribution in [0.2, 0.25) is 0 Å². The molecule has 0 bridgehead atoms. The molecule has 106 valence electrons. The van der Waals surface area contributed by atoms with Gasteiger partial charge in [-0.15, -0.1) is 0 Å². The Kier molecular flexibility index (Phi) is 4.96. The molecule has 0 amide bonds. The standard InChI is InChI=1S/C14H25F2NO/c15-14(16)7-1-4-12(10-14)11-17-8-2-5-13(17)6-3-9-18/h12-13,18H,1-11H2. The lowest BCUT2D eigenvalue weighted by atomic mass is 9.86. The van der Waals surface area contributed by atoms with E-state index in [0.29, 0.717) is 12.5 Å². The van der Waals surface area contributed by atoms with Crippen LogP contribution in [0, 0.1) is 5.92 Å². The Morgan fingerprint density at radius 1 is 1.22 bits per heavy atom. The number of aliphatic hydroxyl groups is 1. The van der Waals surface area contributed by atoms with Gasteiger partial charge in [-0.25, -0.2) is 8.78 Å². The first-order chi connectivity index (χ1) is 8.61. The van der Waals surface area contributed by atoms with Crippen LogP contribution in [0.4, 0.5) is 8.78 Å². The van der Waals surface area contributed by atoms with Gasteiger partial charge in [0.25, 0.3) is 0 Å². The van der Waals surface area contributed by atoms with Crippen molar-refractivity contribution in [2.24, 2.45) is 5.92 Å². The van der Waals surface area contributed by atoms with E-state index in [4.69, 9.17) is 5.11 Å². The molecule has 0 aromatic carbocycles. The highest BCUT2D eigenvalue weighted by atomic mass is 19.3. The molecule has 1 aliphatic heterocycles. The number of likely N-dealkylation sites (tertiary alicyclic amines) is 1. The maximum Gasteiger partial charge on any atom is 0.248 e. The molecule has 2 atom stereocenters. The number of halogens is 2. The smallest absolute Gasteiger partial charge is 0.248 e. The highest BCUT2D eigenvalue weighted by Gasteiger charge is 2.37. The zero-order valence-electron chi connectivity index (χ0n) is 11.1. The van der Waals surface area contributed by atoms with E-state index in [9.17, 15) is 8.78 Å². The van der Waals surface area contributed by atoms with Crippen molar-refractivity contribution in [1.82, 2.24) is 4.90 Å². The summed E-state index contributed by atoms with van der Waals surface area (Å²) in [7, 11) is 0. The first-order valence-corrected chi connectivity index (χ1v) is 7.33. The summed E-state index contributed by atoms with van der Waals surface area (Å²) < 4.78 is 26.8. The minimum Gasteiger partial charge on any atom is -0.396 e. The molecule has 2 fully saturated rings. The highest BCUT2D eigenvalue weighted by Crippen LogP contribution is 2.37. The summed E-state index contributed by atoms with van der Waals surface area (Å²) in [5.41, 5.74) is 0. The average molecular weight is 261 g/mol. The van der Waals surface area contributed by atoms with Gasteiger partial charge in [0, 0.05) is 32.0 Å². The predicted octanol–water partition coefficient (Wildman–Crippen LogP) is 3.05. The summed E-state index contributed by atoms with van der Waals surface area (Å²) in [6, 6.07) is 0.521. The van der Waals surface area contributed by atoms with E-state index in [1.165, 1.54) is 12.8 Å². The molecule has 0 spiro atoms. The second-order valence-corrected chi connectivity index (χ2v) is 5.98. The highest BCUT2D eigenvalue weighted by molar-refractivity contribution is 4.85. The number of hydrogen-bond acceptors (Lipinski definition) is 2. The van der Waals surface area contributed by atoms with Gasteiger partial charge in [-0.3, -0.25) is 0 Å². The Bertz CT molecular complexity index is 260. The van der Waals surface area contributed by atoms with Crippen LogP contribution in [0.15, 0.2) is 0 Å². The van der Waals surface area contributed by atoms with Crippen molar-refractivity contribution in [3.8, 4) is 0 Å². The molecular weight excluding hydrogens is 236 g/mol. The Balaban J connectivity index is 1.80. The average Bonchev–Trinajstić information content (AvgIpc) is 2.72. The summed E-state index contributed by atoms with van der Waals surface area (Å²) in [6.07, 6.45) is 5.99. The summed E-state index contributed by atoms with van der Waals surface area (Å²) in [6.45, 7) is 2.13. The molecule has 1 N–H and O–H groups in total. The number of aliphatic hydroxyl groups excluding tert-OH is 1. The maximum absolute atomic E-state index is 13.4. The first-order valence-electron chi connectivity index (χ1n) is 7.33. The van der Waals surface area contributed by atoms with E-state index in [2.05, 4.69) is 4.90 Å². The lowest BCUT2D eigenvalue weighted by Crippen LogP contribution is -2.38. The van der Waals surface area contributed by atoms with E-state index in [1.54, 1.807) is 0 Å². The van der Waals surface area contributed by atoms with Crippen LogP contribution >= 0.6 is 0 Å². The third-order valence-corrected chi connectivity index (χ3v) is 4.43. The Morgan fingerprint density at radius 3 is 2.78 bits per heavy atom. The van der Waals surface area contributed by atoms with E-state index in [-0.39, 0.29) is 25.4 Å². The normalized spacial score (nSPS) is 32.8. The maximum atomic E-state index is 13.4. The van der Waals surface area contributed by atoms with Crippen LogP contribution in [0.1, 0.15) is 51.4 Å². The van der Waals surface area contributed by atoms with Gasteiger partial charge in [0.05, 0.1) is 0 Å². The van der Waals surface area contributed by atoms with E-state index < -0.39 is 5.92 Å². The van der Waals surface area contributed by atoms with Gasteiger partial charge in [0.15, 0.2) is 0 Å². The van der Waals surface area contributed by atoms with Crippen molar-refractivity contribution in [1.29, 1.82) is 0 Å². The molecule has 0 radical (unpaired) electrons. The molecule has 1 saturated heterocycles. The molecule has 1 heterocycles. The molecule has 18 heavy (non-hydrogen) atoms. The van der Waals surface area contributed by atoms with Crippen LogP contribution < -0.4 is 0 Å². The van der Waals surface area contributed by atoms with E-state index >= 15 is 0 Å². The summed E-state index contributed by atoms with van der Waals surface area (Å²) >= 11 is 0. The fraction of sp³-hybridized carbons (Fsp3) is 1.00. The summed E-state index contributed by atoms with van der Waals surface area (Å²) in [4.78, 5) is 2.39. The van der Waals surface area contributed by atoms with Crippen LogP contribution in [-0.2, 0) is 0 Å². The molecule has 2 unspecified atom stereocenters. The van der Waals surface area contributed by atoms with Crippen molar-refractivity contribution < 1.29 is 13.9 Å². The van der Waals surface area contributed by atoms with Crippen LogP contribution in [-0.4, -0.2) is 41.7 Å². The SMILES string of the molecule is OCCCC1CCCN1CC1CCCC(F)(F)C1. The Labute approximate surface area is 108 Å². The van der Waals surface area contributed by atoms with Crippen LogP contribution in [0.25, 0.3) is 0 Å². The fourth-order valence-electron chi connectivity index (χ4n) is 3.55. The second-order valence-electron chi connectivity index (χ2n) is 5.98. The van der Waals surface area contributed by atoms with Crippen molar-refractivity contribution in [2.45, 2.75) is 63.3 Å². The Morgan fingerprint density at radius 2 is 2.06 bits per heavy atom. The van der Waals surface area contributed by atoms with Crippen LogP contribution in [0.3, 0.4) is 0 Å². The van der Waals surface area contributed by atoms with Crippen molar-refractivity contribution in [3.63, 3.8) is 0 Å². The first kappa shape index (κ1) is 14.2. The second kappa shape index (κ2) is 6.29. The quantitative estimate of drug-likeness (QED) is 0.822. The number of nitrogens with zero attached hydrogens (tertiary/aromatic N) is 1. The molecule has 1 saturated carbocycles. The van der Waals surface area contributed by atoms with Gasteiger partial charge < -0.3 is 10.0 Å². The summed E-state index contributed by atoms with van der Waals surface area (Å²) in [5, 5.41) is 8.89. The van der Waals surface area contributed by atoms with E-state index in [1.807, 2.05) is 0 Å². The molecule has 4 heteroatoms. The Hall–Kier alpha value is -0.220. The van der Waals surface area contributed by atoms with Gasteiger partial charge in [-0.05, 0) is 51.0 Å². The molecule has 2 nitrogen and oxygen atoms in total. The minimum absolute atomic E-state index is 0.0796. The third kappa shape index (κ3) is 3.89. The number of alkyl halides is 2. The predicted molar refractivity (Wildman–Crippen MR) is 67.8 cm³/mol. The minimum atomic E-state index is -2.43. The third-order valence-electron chi connectivity index (χ3n) is 4.43. The topological polar surface area (TPSA) is 23.5 Å². The zero-order chi connectivity index (χ0) is 13.0. The van der Waals surface area contributed by atoms with Gasteiger partial charge in [-0.1, -0.05) is 0 Å². The lowest BCUT2D eigenvalue weighted by Gasteiger charge is -2.34. The molecule has 2 aliphatic rings. The molecule has 2 rings (SSSR count). The number of rotatable bonds is 5. The largest absolute Gasteiger partial charge is 0.396 e. The van der Waals surface area contributed by atoms with Crippen molar-refractivity contribution >= 4 is 0 Å². The monoisotopic (exact) mass is 261 g/mol. The van der Waals surface area contributed by atoms with Crippen molar-refractivity contribution in [2.75, 3.05) is 19.7 Å². The lowest BCUT2D eigenvalue weighted by molar-refractivity contribution is -0.0575. The summed E-state index contributed by atoms with van der Waals surface area (Å²) in [5.74, 6) is -2.26. The van der Waals surface area contributed by atoms with Gasteiger partial charge in [-0.2, -0.15) is 0 Å². The fourth-order valence-corrected chi connectivity index (χ4v) is 3.55. The zero-order valence-corrected chi connectivity index (χ0v) is 11.1.